The second-order valence-electron chi connectivity index (χ2n) is 26.1. The molecule has 0 saturated carbocycles. The van der Waals surface area contributed by atoms with Gasteiger partial charge in [0.25, 0.3) is 0 Å². The monoisotopic (exact) mass is 1010 g/mol. The number of anilines is 3. The molecule has 0 saturated heterocycles. The number of hydrogen-bond acceptors (Lipinski definition) is 2. The Morgan fingerprint density at radius 1 is 0.333 bits per heavy atom. The summed E-state index contributed by atoms with van der Waals surface area (Å²) in [5, 5.41) is 2.27. The highest BCUT2D eigenvalue weighted by Gasteiger charge is 2.54. The second kappa shape index (κ2) is 16.7. The molecule has 0 bridgehead atoms. The van der Waals surface area contributed by atoms with Crippen LogP contribution in [0.4, 0.5) is 17.1 Å². The first-order valence-electron chi connectivity index (χ1n) is 28.1. The maximum atomic E-state index is 6.55. The normalized spacial score (nSPS) is 14.6. The van der Waals surface area contributed by atoms with E-state index in [1.165, 1.54) is 94.6 Å². The van der Waals surface area contributed by atoms with Gasteiger partial charge in [0.15, 0.2) is 0 Å². The van der Waals surface area contributed by atoms with E-state index in [4.69, 9.17) is 4.42 Å². The first kappa shape index (κ1) is 48.2. The number of para-hydroxylation sites is 2. The molecule has 78 heavy (non-hydrogen) atoms. The quantitative estimate of drug-likeness (QED) is 0.171. The number of rotatable bonds is 5. The fraction of sp³-hybridized carbons (Fsp3) is 0.211. The summed E-state index contributed by atoms with van der Waals surface area (Å²) >= 11 is 0. The molecule has 0 fully saturated rings. The van der Waals surface area contributed by atoms with Crippen molar-refractivity contribution in [3.63, 3.8) is 0 Å². The van der Waals surface area contributed by atoms with Crippen molar-refractivity contribution in [2.75, 3.05) is 4.90 Å². The van der Waals surface area contributed by atoms with Crippen LogP contribution in [0.2, 0.25) is 0 Å². The van der Waals surface area contributed by atoms with Crippen molar-refractivity contribution in [1.82, 2.24) is 0 Å². The Labute approximate surface area is 461 Å². The molecule has 10 aromatic carbocycles. The number of hydrogen-bond donors (Lipinski definition) is 0. The van der Waals surface area contributed by atoms with Crippen LogP contribution in [0.15, 0.2) is 211 Å². The molecular weight excluding hydrogens is 943 g/mol. The van der Waals surface area contributed by atoms with Gasteiger partial charge in [-0.1, -0.05) is 240 Å². The Kier molecular flexibility index (Phi) is 10.3. The van der Waals surface area contributed by atoms with Crippen LogP contribution < -0.4 is 4.90 Å². The average molecular weight is 1010 g/mol. The molecule has 11 aromatic rings. The Morgan fingerprint density at radius 3 is 1.35 bits per heavy atom. The standard InChI is InChI=1S/C76H67NO/c1-72(2,3)48-30-38-58-59-39-31-49(73(4,5)6)43-67(59)76(66(58)42-48)68-44-50(74(7,8)9)32-40-60(68)62-22-16-20-54(70(62)76)46-26-33-51(34-27-46)77(53-37-41-57-56-18-12-14-24-64(56)75(10,11)65(57)45-53)52-35-28-47(29-36-52)55-21-17-23-63-61-19-13-15-25-69(61)78-71(55)63/h12-45H,1-11H3. The highest BCUT2D eigenvalue weighted by atomic mass is 16.3. The largest absolute Gasteiger partial charge is 0.455 e. The predicted molar refractivity (Wildman–Crippen MR) is 329 cm³/mol. The minimum Gasteiger partial charge on any atom is -0.455 e. The average Bonchev–Trinajstić information content (AvgIpc) is 4.34. The van der Waals surface area contributed by atoms with Crippen LogP contribution in [0.3, 0.4) is 0 Å². The molecule has 1 spiro atoms. The van der Waals surface area contributed by atoms with Gasteiger partial charge in [0, 0.05) is 38.8 Å². The van der Waals surface area contributed by atoms with E-state index in [1.807, 2.05) is 6.07 Å². The van der Waals surface area contributed by atoms with E-state index in [2.05, 4.69) is 281 Å². The summed E-state index contributed by atoms with van der Waals surface area (Å²) in [6, 6.07) is 78.7. The fourth-order valence-corrected chi connectivity index (χ4v) is 13.8. The van der Waals surface area contributed by atoms with Crippen LogP contribution in [0.1, 0.15) is 126 Å². The summed E-state index contributed by atoms with van der Waals surface area (Å²) in [7, 11) is 0. The van der Waals surface area contributed by atoms with Crippen LogP contribution in [-0.2, 0) is 27.1 Å². The van der Waals surface area contributed by atoms with Crippen LogP contribution >= 0.6 is 0 Å². The summed E-state index contributed by atoms with van der Waals surface area (Å²) < 4.78 is 6.55. The summed E-state index contributed by atoms with van der Waals surface area (Å²) in [4.78, 5) is 2.45. The molecular formula is C76H67NO. The lowest BCUT2D eigenvalue weighted by atomic mass is 9.66. The molecule has 2 nitrogen and oxygen atoms in total. The molecule has 1 aromatic heterocycles. The van der Waals surface area contributed by atoms with Gasteiger partial charge in [-0.2, -0.15) is 0 Å². The number of nitrogens with zero attached hydrogens (tertiary/aromatic N) is 1. The van der Waals surface area contributed by atoms with Gasteiger partial charge < -0.3 is 9.32 Å². The number of fused-ring (bicyclic) bond motifs is 16. The fourth-order valence-electron chi connectivity index (χ4n) is 13.8. The number of furan rings is 1. The van der Waals surface area contributed by atoms with E-state index in [0.717, 1.165) is 50.1 Å². The SMILES string of the molecule is CC(C)(C)c1ccc2c(c1)C1(c3cc(C(C)(C)C)ccc3-2)c2cc(C(C)(C)C)ccc2-c2cccc(-c3ccc(N(c4ccc(-c5cccc6c5oc5ccccc56)cc4)c4ccc5c(c4)C(C)(C)c4ccccc4-5)cc3)c21. The van der Waals surface area contributed by atoms with Crippen LogP contribution in [0.25, 0.3) is 77.6 Å². The second-order valence-corrected chi connectivity index (χ2v) is 26.1. The smallest absolute Gasteiger partial charge is 0.143 e. The molecule has 0 aliphatic heterocycles. The van der Waals surface area contributed by atoms with E-state index in [9.17, 15) is 0 Å². The Balaban J connectivity index is 0.958. The zero-order valence-electron chi connectivity index (χ0n) is 47.0. The van der Waals surface area contributed by atoms with Crippen LogP contribution in [0, 0.1) is 0 Å². The van der Waals surface area contributed by atoms with Crippen molar-refractivity contribution in [3.8, 4) is 55.6 Å². The van der Waals surface area contributed by atoms with Crippen molar-refractivity contribution in [2.24, 2.45) is 0 Å². The van der Waals surface area contributed by atoms with E-state index >= 15 is 0 Å². The Hall–Kier alpha value is -8.20. The van der Waals surface area contributed by atoms with Gasteiger partial charge >= 0.3 is 0 Å². The van der Waals surface area contributed by atoms with Crippen molar-refractivity contribution >= 4 is 39.0 Å². The summed E-state index contributed by atoms with van der Waals surface area (Å²) in [6.07, 6.45) is 0. The van der Waals surface area contributed by atoms with Gasteiger partial charge in [0.05, 0.1) is 5.41 Å². The molecule has 3 aliphatic carbocycles. The van der Waals surface area contributed by atoms with Gasteiger partial charge in [-0.25, -0.2) is 0 Å². The van der Waals surface area contributed by atoms with E-state index < -0.39 is 5.41 Å². The zero-order chi connectivity index (χ0) is 53.8. The van der Waals surface area contributed by atoms with Gasteiger partial charge in [-0.05, 0) is 159 Å². The van der Waals surface area contributed by atoms with Gasteiger partial charge in [0.1, 0.15) is 11.2 Å². The maximum Gasteiger partial charge on any atom is 0.143 e. The van der Waals surface area contributed by atoms with Crippen molar-refractivity contribution in [3.05, 3.63) is 256 Å². The first-order chi connectivity index (χ1) is 37.3. The van der Waals surface area contributed by atoms with Gasteiger partial charge in [0.2, 0.25) is 0 Å². The molecule has 0 atom stereocenters. The Bertz CT molecular complexity index is 4170. The third-order valence-corrected chi connectivity index (χ3v) is 18.0. The van der Waals surface area contributed by atoms with Crippen LogP contribution in [0.5, 0.6) is 0 Å². The zero-order valence-corrected chi connectivity index (χ0v) is 47.0. The van der Waals surface area contributed by atoms with E-state index in [0.29, 0.717) is 0 Å². The lowest BCUT2D eigenvalue weighted by Gasteiger charge is -2.35. The minimum atomic E-state index is -0.552. The minimum absolute atomic E-state index is 0.0399. The number of benzene rings is 10. The lowest BCUT2D eigenvalue weighted by Crippen LogP contribution is -2.28. The van der Waals surface area contributed by atoms with Crippen LogP contribution in [-0.4, -0.2) is 0 Å². The van der Waals surface area contributed by atoms with Crippen molar-refractivity contribution < 1.29 is 4.42 Å². The molecule has 382 valence electrons. The van der Waals surface area contributed by atoms with Gasteiger partial charge in [-0.15, -0.1) is 0 Å². The Morgan fingerprint density at radius 2 is 0.756 bits per heavy atom. The third kappa shape index (κ3) is 7.01. The highest BCUT2D eigenvalue weighted by Crippen LogP contribution is 2.66. The lowest BCUT2D eigenvalue weighted by molar-refractivity contribution is 0.584. The molecule has 0 unspecified atom stereocenters. The van der Waals surface area contributed by atoms with Gasteiger partial charge in [-0.3, -0.25) is 0 Å². The topological polar surface area (TPSA) is 16.4 Å². The summed E-state index contributed by atoms with van der Waals surface area (Å²) in [6.45, 7) is 25.9. The van der Waals surface area contributed by atoms with E-state index in [1.54, 1.807) is 0 Å². The molecule has 1 heterocycles. The predicted octanol–water partition coefficient (Wildman–Crippen LogP) is 20.9. The molecule has 0 N–H and O–H groups in total. The highest BCUT2D eigenvalue weighted by molar-refractivity contribution is 6.09. The van der Waals surface area contributed by atoms with Crippen molar-refractivity contribution in [1.29, 1.82) is 0 Å². The molecule has 14 rings (SSSR count). The molecule has 2 heteroatoms. The molecule has 0 radical (unpaired) electrons. The summed E-state index contributed by atoms with van der Waals surface area (Å²) in [5.74, 6) is 0. The maximum absolute atomic E-state index is 6.55. The van der Waals surface area contributed by atoms with E-state index in [-0.39, 0.29) is 21.7 Å². The summed E-state index contributed by atoms with van der Waals surface area (Å²) in [5.41, 5.74) is 29.2. The third-order valence-electron chi connectivity index (χ3n) is 18.0. The molecule has 3 aliphatic rings. The van der Waals surface area contributed by atoms with Crippen molar-refractivity contribution in [2.45, 2.75) is 103 Å². The first-order valence-corrected chi connectivity index (χ1v) is 28.1. The molecule has 0 amide bonds.